The van der Waals surface area contributed by atoms with Crippen molar-refractivity contribution < 1.29 is 52.0 Å². The van der Waals surface area contributed by atoms with Crippen molar-refractivity contribution in [3.05, 3.63) is 28.2 Å². The summed E-state index contributed by atoms with van der Waals surface area (Å²) in [6.07, 6.45) is 1.03. The number of H-pyrrole nitrogens is 1. The molecule has 0 bridgehead atoms. The number of aromatic hydroxyl groups is 1. The van der Waals surface area contributed by atoms with Gasteiger partial charge < -0.3 is 47.0 Å². The first-order valence-electron chi connectivity index (χ1n) is 12.6. The lowest BCUT2D eigenvalue weighted by atomic mass is 9.98. The van der Waals surface area contributed by atoms with Crippen molar-refractivity contribution >= 4 is 63.2 Å². The van der Waals surface area contributed by atoms with Gasteiger partial charge in [-0.3, -0.25) is 28.7 Å². The standard InChI is InChI=1S/C22H29N9O12S2/c1-22(2,19(37)38)43-30-15(10-8-44-20(23)28-10)17(35)29-16-11(31(18(16)36)45(40,41)42)5-25-14(34)7-27-21(39)26-4-9-3-12(32)13(33)6-24-9/h3,6,11,16,20,33H,4-5,7-8,23H2,1-2H3,(H,24,32)(H,25,34)(H,29,35)(H,37,38)(H2,26,27,39)(H,40,41,42). The zero-order valence-corrected chi connectivity index (χ0v) is 25.1. The number of rotatable bonds is 13. The van der Waals surface area contributed by atoms with Crippen LogP contribution in [0.5, 0.6) is 5.75 Å². The van der Waals surface area contributed by atoms with Gasteiger partial charge in [0.15, 0.2) is 11.5 Å². The Bertz CT molecular complexity index is 1610. The second kappa shape index (κ2) is 13.9. The second-order valence-corrected chi connectivity index (χ2v) is 12.2. The second-order valence-electron chi connectivity index (χ2n) is 9.80. The molecule has 1 aromatic heterocycles. The summed E-state index contributed by atoms with van der Waals surface area (Å²) in [5.41, 5.74) is 2.08. The van der Waals surface area contributed by atoms with Gasteiger partial charge in [-0.05, 0) is 13.8 Å². The lowest BCUT2D eigenvalue weighted by molar-refractivity contribution is -0.161. The number of aromatic amines is 1. The zero-order valence-electron chi connectivity index (χ0n) is 23.5. The minimum atomic E-state index is -5.13. The van der Waals surface area contributed by atoms with Gasteiger partial charge in [-0.25, -0.2) is 13.9 Å². The molecule has 0 radical (unpaired) electrons. The van der Waals surface area contributed by atoms with Gasteiger partial charge in [0.1, 0.15) is 11.5 Å². The molecule has 1 fully saturated rings. The normalized spacial score (nSPS) is 20.0. The minimum absolute atomic E-state index is 0.00410. The van der Waals surface area contributed by atoms with Crippen LogP contribution >= 0.6 is 11.8 Å². The van der Waals surface area contributed by atoms with Crippen molar-refractivity contribution in [2.75, 3.05) is 18.8 Å². The Hall–Kier alpha value is -4.74. The van der Waals surface area contributed by atoms with Gasteiger partial charge in [0.05, 0.1) is 24.8 Å². The maximum absolute atomic E-state index is 13.1. The molecule has 3 rings (SSSR count). The molecule has 3 atom stereocenters. The first kappa shape index (κ1) is 34.7. The predicted molar refractivity (Wildman–Crippen MR) is 154 cm³/mol. The van der Waals surface area contributed by atoms with Crippen molar-refractivity contribution in [2.45, 2.75) is 43.6 Å². The van der Waals surface area contributed by atoms with Gasteiger partial charge in [0, 0.05) is 30.3 Å². The summed E-state index contributed by atoms with van der Waals surface area (Å²) in [5, 5.41) is 31.1. The van der Waals surface area contributed by atoms with Gasteiger partial charge >= 0.3 is 22.3 Å². The number of carboxylic acid groups (broad SMARTS) is 1. The van der Waals surface area contributed by atoms with Crippen LogP contribution in [0.25, 0.3) is 0 Å². The summed E-state index contributed by atoms with van der Waals surface area (Å²) in [7, 11) is -5.13. The number of oxime groups is 1. The highest BCUT2D eigenvalue weighted by Gasteiger charge is 2.54. The summed E-state index contributed by atoms with van der Waals surface area (Å²) < 4.78 is 33.2. The highest BCUT2D eigenvalue weighted by Crippen LogP contribution is 2.24. The number of aliphatic carboxylic acids is 1. The first-order valence-corrected chi connectivity index (χ1v) is 15.1. The molecule has 21 nitrogen and oxygen atoms in total. The third kappa shape index (κ3) is 8.90. The molecule has 10 N–H and O–H groups in total. The Morgan fingerprint density at radius 1 is 1.24 bits per heavy atom. The van der Waals surface area contributed by atoms with Crippen LogP contribution in [0.3, 0.4) is 0 Å². The maximum Gasteiger partial charge on any atom is 0.362 e. The van der Waals surface area contributed by atoms with E-state index in [1.165, 1.54) is 0 Å². The minimum Gasteiger partial charge on any atom is -0.503 e. The highest BCUT2D eigenvalue weighted by molar-refractivity contribution is 8.01. The number of nitrogens with zero attached hydrogens (tertiary/aromatic N) is 3. The number of carbonyl (C=O) groups is 5. The van der Waals surface area contributed by atoms with E-state index in [1.807, 2.05) is 0 Å². The fourth-order valence-electron chi connectivity index (χ4n) is 3.60. The number of carboxylic acids is 1. The number of hydrogen-bond acceptors (Lipinski definition) is 14. The monoisotopic (exact) mass is 675 g/mol. The number of hydrogen-bond donors (Lipinski definition) is 9. The van der Waals surface area contributed by atoms with E-state index in [1.54, 1.807) is 0 Å². The molecule has 23 heteroatoms. The van der Waals surface area contributed by atoms with Crippen molar-refractivity contribution in [1.29, 1.82) is 0 Å². The zero-order chi connectivity index (χ0) is 33.7. The fraction of sp³-hybridized carbons (Fsp3) is 0.455. The molecule has 3 unspecified atom stereocenters. The molecule has 0 spiro atoms. The predicted octanol–water partition coefficient (Wildman–Crippen LogP) is -3.84. The lowest BCUT2D eigenvalue weighted by Crippen LogP contribution is -2.74. The Morgan fingerprint density at radius 3 is 2.51 bits per heavy atom. The van der Waals surface area contributed by atoms with E-state index in [4.69, 9.17) is 10.6 Å². The molecular weight excluding hydrogens is 646 g/mol. The largest absolute Gasteiger partial charge is 0.503 e. The van der Waals surface area contributed by atoms with Crippen LogP contribution in [0, 0.1) is 0 Å². The van der Waals surface area contributed by atoms with Crippen LogP contribution in [0.2, 0.25) is 0 Å². The van der Waals surface area contributed by atoms with Crippen molar-refractivity contribution in [3.8, 4) is 5.75 Å². The summed E-state index contributed by atoms with van der Waals surface area (Å²) in [6.45, 7) is 0.884. The van der Waals surface area contributed by atoms with E-state index >= 15 is 0 Å². The molecule has 2 aliphatic heterocycles. The first-order chi connectivity index (χ1) is 20.9. The fourth-order valence-corrected chi connectivity index (χ4v) is 5.23. The molecule has 0 aromatic carbocycles. The number of thioether (sulfide) groups is 1. The highest BCUT2D eigenvalue weighted by atomic mass is 32.2. The van der Waals surface area contributed by atoms with Crippen LogP contribution in [0.15, 0.2) is 27.2 Å². The Morgan fingerprint density at radius 2 is 1.93 bits per heavy atom. The van der Waals surface area contributed by atoms with Gasteiger partial charge in [0.2, 0.25) is 16.9 Å². The average molecular weight is 676 g/mol. The molecule has 1 aromatic rings. The number of β-lactam (4-membered cyclic amide) rings is 1. The summed E-state index contributed by atoms with van der Waals surface area (Å²) in [5.74, 6) is -5.12. The Kier molecular flexibility index (Phi) is 10.7. The number of carbonyl (C=O) groups excluding carboxylic acids is 4. The van der Waals surface area contributed by atoms with Gasteiger partial charge in [-0.15, -0.1) is 11.8 Å². The SMILES string of the molecule is CC(C)(ON=C(C(=O)NC1C(=O)N(S(=O)(=O)O)C1CNC(=O)CNC(=O)NCc1cc(=O)c(O)c[nH]1)C1=NC(N)SC1)C(=O)O. The number of nitrogens with one attached hydrogen (secondary N) is 5. The van der Waals surface area contributed by atoms with E-state index in [2.05, 4.69) is 36.4 Å². The number of nitrogens with two attached hydrogens (primary N) is 1. The molecule has 3 heterocycles. The van der Waals surface area contributed by atoms with Crippen LogP contribution in [0.4, 0.5) is 4.79 Å². The number of pyridine rings is 1. The van der Waals surface area contributed by atoms with Gasteiger partial charge in [-0.1, -0.05) is 5.16 Å². The van der Waals surface area contributed by atoms with Crippen molar-refractivity contribution in [1.82, 2.24) is 30.6 Å². The molecule has 246 valence electrons. The number of aromatic nitrogens is 1. The summed E-state index contributed by atoms with van der Waals surface area (Å²) in [4.78, 5) is 84.5. The number of aliphatic imine (C=N–C) groups is 1. The maximum atomic E-state index is 13.1. The van der Waals surface area contributed by atoms with E-state index in [0.717, 1.165) is 37.9 Å². The number of urea groups is 1. The number of amides is 5. The van der Waals surface area contributed by atoms with E-state index in [-0.39, 0.29) is 28.0 Å². The van der Waals surface area contributed by atoms with Crippen LogP contribution < -0.4 is 32.4 Å². The molecular formula is C22H29N9O12S2. The third-order valence-electron chi connectivity index (χ3n) is 6.06. The van der Waals surface area contributed by atoms with E-state index in [0.29, 0.717) is 0 Å². The smallest absolute Gasteiger partial charge is 0.362 e. The van der Waals surface area contributed by atoms with Crippen LogP contribution in [-0.2, 0) is 40.9 Å². The topological polar surface area (TPSA) is 324 Å². The summed E-state index contributed by atoms with van der Waals surface area (Å²) in [6, 6.07) is -2.94. The molecule has 0 aliphatic carbocycles. The van der Waals surface area contributed by atoms with Crippen molar-refractivity contribution in [2.24, 2.45) is 15.9 Å². The molecule has 45 heavy (non-hydrogen) atoms. The third-order valence-corrected chi connectivity index (χ3v) is 7.89. The van der Waals surface area contributed by atoms with E-state index < -0.39 is 93.2 Å². The van der Waals surface area contributed by atoms with Gasteiger partial charge in [0.25, 0.3) is 11.8 Å². The molecule has 1 saturated heterocycles. The quantitative estimate of drug-likeness (QED) is 0.0419. The van der Waals surface area contributed by atoms with Crippen LogP contribution in [0.1, 0.15) is 19.5 Å². The lowest BCUT2D eigenvalue weighted by Gasteiger charge is -2.44. The van der Waals surface area contributed by atoms with Crippen LogP contribution in [-0.4, -0.2) is 116 Å². The summed E-state index contributed by atoms with van der Waals surface area (Å²) >= 11 is 1.10. The molecule has 5 amide bonds. The van der Waals surface area contributed by atoms with Gasteiger partial charge in [-0.2, -0.15) is 8.42 Å². The Balaban J connectivity index is 1.64. The Labute approximate surface area is 257 Å². The molecule has 2 aliphatic rings. The van der Waals surface area contributed by atoms with Crippen molar-refractivity contribution in [3.63, 3.8) is 0 Å². The average Bonchev–Trinajstić information content (AvgIpc) is 3.37. The molecule has 0 saturated carbocycles. The van der Waals surface area contributed by atoms with E-state index in [9.17, 15) is 52.0 Å².